The molecule has 22 heavy (non-hydrogen) atoms. The first-order valence-corrected chi connectivity index (χ1v) is 7.22. The average molecular weight is 301 g/mol. The van der Waals surface area contributed by atoms with E-state index in [9.17, 15) is 4.79 Å². The lowest BCUT2D eigenvalue weighted by atomic mass is 9.75. The summed E-state index contributed by atoms with van der Waals surface area (Å²) in [5, 5.41) is 8.94. The van der Waals surface area contributed by atoms with E-state index in [0.29, 0.717) is 16.8 Å². The first-order valence-electron chi connectivity index (χ1n) is 7.22. The highest BCUT2D eigenvalue weighted by atomic mass is 16.7. The molecule has 116 valence electrons. The molecule has 0 spiro atoms. The Bertz CT molecular complexity index is 605. The topological polar surface area (TPSA) is 68.5 Å². The fraction of sp³-hybridized carbons (Fsp3) is 0.500. The van der Waals surface area contributed by atoms with Gasteiger partial charge in [0.2, 0.25) is 0 Å². The fourth-order valence-corrected chi connectivity index (χ4v) is 2.20. The van der Waals surface area contributed by atoms with Gasteiger partial charge in [-0.05, 0) is 40.7 Å². The standard InChI is InChI=1S/C16H20BNO4/c1-11(9-18)20-13-8-6-7-12(10-19)14(13)17-21-15(2,3)16(4,5)22-17/h6-8,10-11H,1-5H3. The van der Waals surface area contributed by atoms with Gasteiger partial charge in [-0.2, -0.15) is 5.26 Å². The van der Waals surface area contributed by atoms with Gasteiger partial charge in [0.25, 0.3) is 0 Å². The number of carbonyl (C=O) groups is 1. The second-order valence-corrected chi connectivity index (χ2v) is 6.35. The van der Waals surface area contributed by atoms with E-state index in [0.717, 1.165) is 6.29 Å². The quantitative estimate of drug-likeness (QED) is 0.629. The van der Waals surface area contributed by atoms with E-state index in [2.05, 4.69) is 0 Å². The van der Waals surface area contributed by atoms with Gasteiger partial charge in [0.15, 0.2) is 6.10 Å². The van der Waals surface area contributed by atoms with Crippen molar-refractivity contribution in [2.24, 2.45) is 0 Å². The van der Waals surface area contributed by atoms with Gasteiger partial charge >= 0.3 is 7.12 Å². The highest BCUT2D eigenvalue weighted by Gasteiger charge is 2.53. The van der Waals surface area contributed by atoms with Crippen molar-refractivity contribution < 1.29 is 18.8 Å². The Morgan fingerprint density at radius 3 is 2.36 bits per heavy atom. The molecule has 6 heteroatoms. The van der Waals surface area contributed by atoms with E-state index in [1.54, 1.807) is 25.1 Å². The number of nitrogens with zero attached hydrogens (tertiary/aromatic N) is 1. The third-order valence-electron chi connectivity index (χ3n) is 4.20. The molecule has 1 aromatic carbocycles. The van der Waals surface area contributed by atoms with Gasteiger partial charge in [-0.15, -0.1) is 0 Å². The zero-order valence-electron chi connectivity index (χ0n) is 13.5. The Balaban J connectivity index is 2.46. The first-order chi connectivity index (χ1) is 10.2. The van der Waals surface area contributed by atoms with Crippen LogP contribution in [0.5, 0.6) is 5.75 Å². The molecule has 1 heterocycles. The van der Waals surface area contributed by atoms with Crippen LogP contribution in [-0.2, 0) is 9.31 Å². The van der Waals surface area contributed by atoms with Gasteiger partial charge in [-0.1, -0.05) is 12.1 Å². The number of rotatable bonds is 4. The molecule has 0 N–H and O–H groups in total. The SMILES string of the molecule is CC(C#N)Oc1cccc(C=O)c1B1OC(C)(C)C(C)(C)O1. The maximum absolute atomic E-state index is 11.4. The number of carbonyl (C=O) groups excluding carboxylic acids is 1. The van der Waals surface area contributed by atoms with E-state index in [1.807, 2.05) is 33.8 Å². The molecule has 2 rings (SSSR count). The van der Waals surface area contributed by atoms with Crippen molar-refractivity contribution in [3.8, 4) is 11.8 Å². The lowest BCUT2D eigenvalue weighted by Gasteiger charge is -2.32. The van der Waals surface area contributed by atoms with Gasteiger partial charge in [0.1, 0.15) is 18.1 Å². The Kier molecular flexibility index (Phi) is 4.32. The lowest BCUT2D eigenvalue weighted by molar-refractivity contribution is 0.00578. The van der Waals surface area contributed by atoms with E-state index in [4.69, 9.17) is 19.3 Å². The Hall–Kier alpha value is -1.84. The summed E-state index contributed by atoms with van der Waals surface area (Å²) in [5.41, 5.74) is -0.0863. The molecule has 1 fully saturated rings. The van der Waals surface area contributed by atoms with Crippen LogP contribution in [0, 0.1) is 11.3 Å². The van der Waals surface area contributed by atoms with Gasteiger partial charge < -0.3 is 14.0 Å². The van der Waals surface area contributed by atoms with Crippen LogP contribution in [-0.4, -0.2) is 30.7 Å². The van der Waals surface area contributed by atoms with Gasteiger partial charge in [0.05, 0.1) is 11.2 Å². The molecule has 0 saturated carbocycles. The highest BCUT2D eigenvalue weighted by Crippen LogP contribution is 2.37. The zero-order chi connectivity index (χ0) is 16.5. The van der Waals surface area contributed by atoms with Crippen molar-refractivity contribution in [3.63, 3.8) is 0 Å². The number of benzene rings is 1. The molecule has 1 aliphatic rings. The number of nitriles is 1. The summed E-state index contributed by atoms with van der Waals surface area (Å²) in [7, 11) is -0.715. The van der Waals surface area contributed by atoms with Crippen LogP contribution < -0.4 is 10.2 Å². The minimum Gasteiger partial charge on any atom is -0.476 e. The Morgan fingerprint density at radius 2 is 1.86 bits per heavy atom. The molecule has 1 aromatic rings. The van der Waals surface area contributed by atoms with Crippen molar-refractivity contribution >= 4 is 18.9 Å². The first kappa shape index (κ1) is 16.5. The van der Waals surface area contributed by atoms with Crippen molar-refractivity contribution in [1.29, 1.82) is 5.26 Å². The summed E-state index contributed by atoms with van der Waals surface area (Å²) in [5.74, 6) is 0.428. The molecule has 1 saturated heterocycles. The fourth-order valence-electron chi connectivity index (χ4n) is 2.20. The van der Waals surface area contributed by atoms with Crippen molar-refractivity contribution in [2.75, 3.05) is 0 Å². The maximum Gasteiger partial charge on any atom is 0.499 e. The normalized spacial score (nSPS) is 20.3. The van der Waals surface area contributed by atoms with Crippen LogP contribution in [0.25, 0.3) is 0 Å². The second kappa shape index (κ2) is 5.75. The van der Waals surface area contributed by atoms with Gasteiger partial charge in [0, 0.05) is 11.0 Å². The van der Waals surface area contributed by atoms with Crippen LogP contribution in [0.2, 0.25) is 0 Å². The highest BCUT2D eigenvalue weighted by molar-refractivity contribution is 6.64. The smallest absolute Gasteiger partial charge is 0.476 e. The molecule has 0 radical (unpaired) electrons. The summed E-state index contributed by atoms with van der Waals surface area (Å²) in [6.07, 6.45) is 0.104. The third-order valence-corrected chi connectivity index (χ3v) is 4.20. The molecule has 1 atom stereocenters. The number of hydrogen-bond acceptors (Lipinski definition) is 5. The molecule has 1 aliphatic heterocycles. The van der Waals surface area contributed by atoms with Crippen LogP contribution in [0.4, 0.5) is 0 Å². The van der Waals surface area contributed by atoms with Crippen LogP contribution in [0.15, 0.2) is 18.2 Å². The monoisotopic (exact) mass is 301 g/mol. The maximum atomic E-state index is 11.4. The molecular weight excluding hydrogens is 281 g/mol. The summed E-state index contributed by atoms with van der Waals surface area (Å²) in [6, 6.07) is 7.10. The Labute approximate surface area is 131 Å². The summed E-state index contributed by atoms with van der Waals surface area (Å²) in [4.78, 5) is 11.4. The number of hydrogen-bond donors (Lipinski definition) is 0. The molecule has 0 bridgehead atoms. The van der Waals surface area contributed by atoms with Gasteiger partial charge in [-0.3, -0.25) is 4.79 Å². The molecule has 5 nitrogen and oxygen atoms in total. The largest absolute Gasteiger partial charge is 0.499 e. The third kappa shape index (κ3) is 2.87. The van der Waals surface area contributed by atoms with E-state index in [1.165, 1.54) is 0 Å². The average Bonchev–Trinajstić information content (AvgIpc) is 2.66. The van der Waals surface area contributed by atoms with Crippen LogP contribution in [0.3, 0.4) is 0 Å². The summed E-state index contributed by atoms with van der Waals surface area (Å²) < 4.78 is 17.6. The minimum absolute atomic E-state index is 0.428. The minimum atomic E-state index is -0.715. The lowest BCUT2D eigenvalue weighted by Crippen LogP contribution is -2.41. The van der Waals surface area contributed by atoms with E-state index in [-0.39, 0.29) is 0 Å². The predicted molar refractivity (Wildman–Crippen MR) is 83.2 cm³/mol. The van der Waals surface area contributed by atoms with E-state index < -0.39 is 24.4 Å². The molecule has 0 amide bonds. The summed E-state index contributed by atoms with van der Waals surface area (Å²) >= 11 is 0. The van der Waals surface area contributed by atoms with Crippen molar-refractivity contribution in [3.05, 3.63) is 23.8 Å². The number of ether oxygens (including phenoxy) is 1. The van der Waals surface area contributed by atoms with Crippen LogP contribution >= 0.6 is 0 Å². The number of aldehydes is 1. The van der Waals surface area contributed by atoms with Crippen molar-refractivity contribution in [2.45, 2.75) is 51.9 Å². The predicted octanol–water partition coefficient (Wildman–Crippen LogP) is 2.09. The molecule has 0 aromatic heterocycles. The van der Waals surface area contributed by atoms with Gasteiger partial charge in [-0.25, -0.2) is 0 Å². The zero-order valence-corrected chi connectivity index (χ0v) is 13.5. The molecule has 1 unspecified atom stereocenters. The van der Waals surface area contributed by atoms with Crippen LogP contribution in [0.1, 0.15) is 45.0 Å². The Morgan fingerprint density at radius 1 is 1.27 bits per heavy atom. The molecule has 0 aliphatic carbocycles. The van der Waals surface area contributed by atoms with Crippen molar-refractivity contribution in [1.82, 2.24) is 0 Å². The summed E-state index contributed by atoms with van der Waals surface area (Å²) in [6.45, 7) is 9.40. The molecular formula is C16H20BNO4. The second-order valence-electron chi connectivity index (χ2n) is 6.35. The van der Waals surface area contributed by atoms with E-state index >= 15 is 0 Å².